The molecule has 0 aliphatic heterocycles. The van der Waals surface area contributed by atoms with Crippen molar-refractivity contribution in [3.63, 3.8) is 0 Å². The van der Waals surface area contributed by atoms with Crippen molar-refractivity contribution in [2.45, 2.75) is 19.5 Å². The molecule has 0 atom stereocenters. The summed E-state index contributed by atoms with van der Waals surface area (Å²) in [6.45, 7) is 2.00. The van der Waals surface area contributed by atoms with Crippen LogP contribution in [0.2, 0.25) is 0 Å². The Kier molecular flexibility index (Phi) is 3.83. The normalized spacial score (nSPS) is 12.9. The van der Waals surface area contributed by atoms with Gasteiger partial charge in [0.2, 0.25) is 0 Å². The monoisotopic (exact) mass is 280 g/mol. The van der Waals surface area contributed by atoms with Gasteiger partial charge in [-0.15, -0.1) is 0 Å². The molecule has 0 radical (unpaired) electrons. The second-order valence-electron chi connectivity index (χ2n) is 6.60. The Morgan fingerprint density at radius 2 is 1.57 bits per heavy atom. The van der Waals surface area contributed by atoms with Gasteiger partial charge in [-0.25, -0.2) is 0 Å². The molecule has 0 spiro atoms. The molecule has 3 rings (SSSR count). The first-order chi connectivity index (χ1) is 10.0. The number of benzene rings is 2. The maximum Gasteiger partial charge on any atom is 0.0234 e. The minimum atomic E-state index is 0.998. The summed E-state index contributed by atoms with van der Waals surface area (Å²) in [4.78, 5) is 4.50. The Bertz CT molecular complexity index is 657. The lowest BCUT2D eigenvalue weighted by Crippen LogP contribution is -2.14. The van der Waals surface area contributed by atoms with Crippen LogP contribution in [0.5, 0.6) is 0 Å². The van der Waals surface area contributed by atoms with Gasteiger partial charge in [-0.3, -0.25) is 0 Å². The summed E-state index contributed by atoms with van der Waals surface area (Å²) in [5.74, 6) is 0. The maximum atomic E-state index is 2.40. The molecule has 21 heavy (non-hydrogen) atoms. The van der Waals surface area contributed by atoms with E-state index in [0.717, 1.165) is 19.5 Å². The van der Waals surface area contributed by atoms with Crippen molar-refractivity contribution in [3.8, 4) is 11.1 Å². The smallest absolute Gasteiger partial charge is 0.0234 e. The van der Waals surface area contributed by atoms with Crippen LogP contribution < -0.4 is 0 Å². The highest BCUT2D eigenvalue weighted by atomic mass is 15.1. The predicted molar refractivity (Wildman–Crippen MR) is 89.5 cm³/mol. The number of fused-ring (bicyclic) bond motifs is 3. The van der Waals surface area contributed by atoms with Gasteiger partial charge in [-0.2, -0.15) is 0 Å². The van der Waals surface area contributed by atoms with E-state index < -0.39 is 0 Å². The van der Waals surface area contributed by atoms with E-state index in [4.69, 9.17) is 0 Å². The van der Waals surface area contributed by atoms with Crippen LogP contribution in [0.1, 0.15) is 22.3 Å². The zero-order valence-corrected chi connectivity index (χ0v) is 13.5. The zero-order chi connectivity index (χ0) is 15.0. The minimum Gasteiger partial charge on any atom is -0.305 e. The van der Waals surface area contributed by atoms with Gasteiger partial charge < -0.3 is 9.80 Å². The maximum absolute atomic E-state index is 2.40. The van der Waals surface area contributed by atoms with E-state index in [2.05, 4.69) is 74.4 Å². The molecule has 0 N–H and O–H groups in total. The number of nitrogens with zero attached hydrogens (tertiary/aromatic N) is 2. The first-order valence-corrected chi connectivity index (χ1v) is 7.57. The summed E-state index contributed by atoms with van der Waals surface area (Å²) in [6, 6.07) is 13.6. The highest BCUT2D eigenvalue weighted by Crippen LogP contribution is 2.40. The van der Waals surface area contributed by atoms with Crippen LogP contribution in [-0.2, 0) is 19.5 Å². The molecule has 0 amide bonds. The molecule has 2 nitrogen and oxygen atoms in total. The van der Waals surface area contributed by atoms with Crippen LogP contribution in [0.25, 0.3) is 11.1 Å². The van der Waals surface area contributed by atoms with E-state index in [1.165, 1.54) is 33.4 Å². The van der Waals surface area contributed by atoms with Crippen molar-refractivity contribution in [3.05, 3.63) is 58.7 Å². The largest absolute Gasteiger partial charge is 0.305 e. The molecular weight excluding hydrogens is 256 g/mol. The Labute approximate surface area is 128 Å². The van der Waals surface area contributed by atoms with Crippen molar-refractivity contribution >= 4 is 0 Å². The highest BCUT2D eigenvalue weighted by Gasteiger charge is 2.22. The van der Waals surface area contributed by atoms with Crippen LogP contribution in [0, 0.1) is 0 Å². The molecule has 0 aromatic heterocycles. The fourth-order valence-corrected chi connectivity index (χ4v) is 3.37. The third kappa shape index (κ3) is 2.87. The molecule has 2 heteroatoms. The molecule has 1 aliphatic rings. The molecule has 0 bridgehead atoms. The highest BCUT2D eigenvalue weighted by molar-refractivity contribution is 5.79. The van der Waals surface area contributed by atoms with Gasteiger partial charge in [0.05, 0.1) is 0 Å². The summed E-state index contributed by atoms with van der Waals surface area (Å²) in [6.07, 6.45) is 1.08. The van der Waals surface area contributed by atoms with Crippen LogP contribution >= 0.6 is 0 Å². The first kappa shape index (κ1) is 14.3. The third-order valence-corrected chi connectivity index (χ3v) is 4.01. The third-order valence-electron chi connectivity index (χ3n) is 4.01. The van der Waals surface area contributed by atoms with Crippen molar-refractivity contribution < 1.29 is 0 Å². The topological polar surface area (TPSA) is 6.48 Å². The Hall–Kier alpha value is -1.64. The first-order valence-electron chi connectivity index (χ1n) is 7.57. The minimum absolute atomic E-state index is 0.998. The molecule has 0 saturated carbocycles. The van der Waals surface area contributed by atoms with Crippen molar-refractivity contribution in [1.82, 2.24) is 9.80 Å². The number of hydrogen-bond donors (Lipinski definition) is 0. The molecule has 0 heterocycles. The molecule has 0 saturated heterocycles. The van der Waals surface area contributed by atoms with Crippen molar-refractivity contribution in [1.29, 1.82) is 0 Å². The molecule has 110 valence electrons. The summed E-state index contributed by atoms with van der Waals surface area (Å²) in [5.41, 5.74) is 8.74. The Balaban J connectivity index is 2.11. The van der Waals surface area contributed by atoms with Crippen LogP contribution in [0.4, 0.5) is 0 Å². The summed E-state index contributed by atoms with van der Waals surface area (Å²) in [7, 11) is 8.55. The average molecular weight is 280 g/mol. The van der Waals surface area contributed by atoms with Crippen molar-refractivity contribution in [2.75, 3.05) is 28.2 Å². The SMILES string of the molecule is CN(C)Cc1cc2c(c(CN(C)C)c1)-c1ccccc1C2. The van der Waals surface area contributed by atoms with E-state index in [0.29, 0.717) is 0 Å². The van der Waals surface area contributed by atoms with Gasteiger partial charge in [0.1, 0.15) is 0 Å². The van der Waals surface area contributed by atoms with E-state index in [-0.39, 0.29) is 0 Å². The zero-order valence-electron chi connectivity index (χ0n) is 13.5. The van der Waals surface area contributed by atoms with Crippen LogP contribution in [0.3, 0.4) is 0 Å². The van der Waals surface area contributed by atoms with E-state index in [1.54, 1.807) is 0 Å². The Morgan fingerprint density at radius 1 is 0.857 bits per heavy atom. The molecule has 1 aliphatic carbocycles. The number of rotatable bonds is 4. The van der Waals surface area contributed by atoms with Crippen molar-refractivity contribution in [2.24, 2.45) is 0 Å². The van der Waals surface area contributed by atoms with Gasteiger partial charge in [0.15, 0.2) is 0 Å². The lowest BCUT2D eigenvalue weighted by molar-refractivity contribution is 0.396. The van der Waals surface area contributed by atoms with Gasteiger partial charge in [0, 0.05) is 13.1 Å². The van der Waals surface area contributed by atoms with Gasteiger partial charge in [-0.1, -0.05) is 36.4 Å². The average Bonchev–Trinajstić information content (AvgIpc) is 2.75. The quantitative estimate of drug-likeness (QED) is 0.723. The summed E-state index contributed by atoms with van der Waals surface area (Å²) >= 11 is 0. The summed E-state index contributed by atoms with van der Waals surface area (Å²) < 4.78 is 0. The molecular formula is C19H24N2. The predicted octanol–water partition coefficient (Wildman–Crippen LogP) is 3.38. The van der Waals surface area contributed by atoms with Crippen LogP contribution in [-0.4, -0.2) is 38.0 Å². The fraction of sp³-hybridized carbons (Fsp3) is 0.368. The molecule has 2 aromatic carbocycles. The summed E-state index contributed by atoms with van der Waals surface area (Å²) in [5, 5.41) is 0. The van der Waals surface area contributed by atoms with Gasteiger partial charge >= 0.3 is 0 Å². The standard InChI is InChI=1S/C19H24N2/c1-20(2)12-14-9-16-11-15-7-5-6-8-18(15)19(16)17(10-14)13-21(3)4/h5-10H,11-13H2,1-4H3. The van der Waals surface area contributed by atoms with Crippen LogP contribution in [0.15, 0.2) is 36.4 Å². The molecule has 2 aromatic rings. The molecule has 0 unspecified atom stereocenters. The number of hydrogen-bond acceptors (Lipinski definition) is 2. The van der Waals surface area contributed by atoms with E-state index >= 15 is 0 Å². The second kappa shape index (κ2) is 5.63. The molecule has 0 fully saturated rings. The lowest BCUT2D eigenvalue weighted by Gasteiger charge is -2.18. The lowest BCUT2D eigenvalue weighted by atomic mass is 9.96. The Morgan fingerprint density at radius 3 is 2.29 bits per heavy atom. The van der Waals surface area contributed by atoms with Gasteiger partial charge in [0.25, 0.3) is 0 Å². The van der Waals surface area contributed by atoms with E-state index in [9.17, 15) is 0 Å². The fourth-order valence-electron chi connectivity index (χ4n) is 3.37. The second-order valence-corrected chi connectivity index (χ2v) is 6.60. The van der Waals surface area contributed by atoms with E-state index in [1.807, 2.05) is 0 Å². The van der Waals surface area contributed by atoms with Gasteiger partial charge in [-0.05, 0) is 68.0 Å².